The maximum atomic E-state index is 15.1. The molecule has 0 spiro atoms. The third-order valence-electron chi connectivity index (χ3n) is 11.0. The molecule has 8 rings (SSSR count). The molecular formula is C41H32BrNO6. The topological polar surface area (TPSA) is 101 Å². The van der Waals surface area contributed by atoms with Crippen molar-refractivity contribution in [3.63, 3.8) is 0 Å². The Hall–Kier alpha value is -5.08. The first-order valence-corrected chi connectivity index (χ1v) is 17.2. The summed E-state index contributed by atoms with van der Waals surface area (Å²) < 4.78 is 6.67. The summed E-state index contributed by atoms with van der Waals surface area (Å²) in [5, 5.41) is 11.6. The average Bonchev–Trinajstić information content (AvgIpc) is 3.39. The van der Waals surface area contributed by atoms with Crippen molar-refractivity contribution in [1.29, 1.82) is 0 Å². The lowest BCUT2D eigenvalue weighted by Crippen LogP contribution is -2.58. The van der Waals surface area contributed by atoms with Crippen LogP contribution in [0.1, 0.15) is 35.4 Å². The molecule has 7 nitrogen and oxygen atoms in total. The van der Waals surface area contributed by atoms with Crippen molar-refractivity contribution in [1.82, 2.24) is 0 Å². The predicted molar refractivity (Wildman–Crippen MR) is 188 cm³/mol. The van der Waals surface area contributed by atoms with E-state index in [0.29, 0.717) is 33.7 Å². The number of ketones is 2. The highest BCUT2D eigenvalue weighted by Crippen LogP contribution is 2.65. The fraction of sp³-hybridized carbons (Fsp3) is 0.220. The quantitative estimate of drug-likeness (QED) is 0.174. The van der Waals surface area contributed by atoms with Gasteiger partial charge < -0.3 is 9.84 Å². The number of methoxy groups -OCH3 is 1. The van der Waals surface area contributed by atoms with Gasteiger partial charge in [-0.2, -0.15) is 0 Å². The highest BCUT2D eigenvalue weighted by Gasteiger charge is 2.66. The minimum Gasteiger partial charge on any atom is -0.508 e. The molecule has 3 aliphatic carbocycles. The molecular weight excluding hydrogens is 682 g/mol. The lowest BCUT2D eigenvalue weighted by atomic mass is 9.44. The number of hydrogen-bond donors (Lipinski definition) is 1. The number of hydrogen-bond acceptors (Lipinski definition) is 6. The van der Waals surface area contributed by atoms with E-state index in [-0.39, 0.29) is 42.0 Å². The summed E-state index contributed by atoms with van der Waals surface area (Å²) in [6.45, 7) is 0. The first-order chi connectivity index (χ1) is 23.8. The molecule has 0 unspecified atom stereocenters. The van der Waals surface area contributed by atoms with Crippen LogP contribution in [-0.2, 0) is 24.6 Å². The minimum absolute atomic E-state index is 0.0783. The Morgan fingerprint density at radius 2 is 1.51 bits per heavy atom. The zero-order chi connectivity index (χ0) is 34.0. The number of carbonyl (C=O) groups excluding carboxylic acids is 4. The van der Waals surface area contributed by atoms with Crippen LogP contribution in [0, 0.1) is 23.7 Å². The fourth-order valence-electron chi connectivity index (χ4n) is 9.03. The van der Waals surface area contributed by atoms with Gasteiger partial charge in [0.1, 0.15) is 11.5 Å². The maximum Gasteiger partial charge on any atom is 0.238 e. The minimum atomic E-state index is -1.46. The summed E-state index contributed by atoms with van der Waals surface area (Å²) in [6, 6.07) is 30.5. The number of allylic oxidation sites excluding steroid dienone is 4. The number of phenols is 1. The van der Waals surface area contributed by atoms with Crippen LogP contribution in [0.4, 0.5) is 5.69 Å². The van der Waals surface area contributed by atoms with E-state index in [1.807, 2.05) is 66.7 Å². The molecule has 1 saturated carbocycles. The third-order valence-corrected chi connectivity index (χ3v) is 11.5. The Bertz CT molecular complexity index is 2090. The zero-order valence-electron chi connectivity index (χ0n) is 26.6. The smallest absolute Gasteiger partial charge is 0.238 e. The summed E-state index contributed by atoms with van der Waals surface area (Å²) >= 11 is 3.43. The molecule has 1 heterocycles. The molecule has 4 aromatic rings. The molecule has 2 amide bonds. The Kier molecular flexibility index (Phi) is 7.52. The first kappa shape index (κ1) is 31.2. The van der Waals surface area contributed by atoms with Gasteiger partial charge in [0.2, 0.25) is 11.8 Å². The van der Waals surface area contributed by atoms with Gasteiger partial charge in [0.05, 0.1) is 30.0 Å². The van der Waals surface area contributed by atoms with Crippen molar-refractivity contribution in [2.75, 3.05) is 12.0 Å². The van der Waals surface area contributed by atoms with Crippen LogP contribution in [0.3, 0.4) is 0 Å². The summed E-state index contributed by atoms with van der Waals surface area (Å²) in [6.07, 6.45) is 3.90. The number of fused-ring (bicyclic) bond motifs is 4. The number of phenolic OH excluding ortho intramolecular Hbond substituents is 1. The number of imide groups is 1. The van der Waals surface area contributed by atoms with Crippen molar-refractivity contribution in [2.45, 2.75) is 24.2 Å². The summed E-state index contributed by atoms with van der Waals surface area (Å²) in [7, 11) is 1.51. The van der Waals surface area contributed by atoms with Crippen LogP contribution in [0.25, 0.3) is 5.57 Å². The number of carbonyl (C=O) groups is 4. The second-order valence-corrected chi connectivity index (χ2v) is 14.1. The number of nitrogens with zero attached hydrogens (tertiary/aromatic N) is 1. The average molecular weight is 715 g/mol. The highest BCUT2D eigenvalue weighted by atomic mass is 79.9. The normalized spacial score (nSPS) is 27.6. The van der Waals surface area contributed by atoms with Crippen molar-refractivity contribution in [3.8, 4) is 11.5 Å². The fourth-order valence-corrected chi connectivity index (χ4v) is 9.30. The molecule has 4 aliphatic rings. The molecule has 0 radical (unpaired) electrons. The second-order valence-electron chi connectivity index (χ2n) is 13.2. The van der Waals surface area contributed by atoms with Gasteiger partial charge >= 0.3 is 0 Å². The van der Waals surface area contributed by atoms with Gasteiger partial charge in [-0.05, 0) is 72.4 Å². The van der Waals surface area contributed by atoms with E-state index < -0.39 is 35.0 Å². The molecule has 0 aromatic heterocycles. The number of aromatic hydroxyl groups is 1. The Morgan fingerprint density at radius 3 is 2.20 bits per heavy atom. The zero-order valence-corrected chi connectivity index (χ0v) is 28.2. The van der Waals surface area contributed by atoms with Gasteiger partial charge in [-0.1, -0.05) is 94.3 Å². The van der Waals surface area contributed by atoms with Crippen molar-refractivity contribution >= 4 is 50.6 Å². The Balaban J connectivity index is 1.38. The lowest BCUT2D eigenvalue weighted by molar-refractivity contribution is -0.135. The largest absolute Gasteiger partial charge is 0.508 e. The van der Waals surface area contributed by atoms with Gasteiger partial charge in [-0.25, -0.2) is 0 Å². The van der Waals surface area contributed by atoms with Gasteiger partial charge in [0.25, 0.3) is 0 Å². The van der Waals surface area contributed by atoms with Gasteiger partial charge in [-0.15, -0.1) is 0 Å². The van der Waals surface area contributed by atoms with Crippen LogP contribution >= 0.6 is 15.9 Å². The van der Waals surface area contributed by atoms with Crippen LogP contribution in [-0.4, -0.2) is 35.6 Å². The maximum absolute atomic E-state index is 15.1. The second kappa shape index (κ2) is 11.8. The van der Waals surface area contributed by atoms with E-state index in [2.05, 4.69) is 15.9 Å². The van der Waals surface area contributed by atoms with Gasteiger partial charge in [0, 0.05) is 27.4 Å². The SMILES string of the molecule is COc1cccc(O)c1[C@H]1C2=CC[C@@H]3C(=O)N(c4ccc(Br)cc4)C(=O)[C@@H]3[C@@H]2C[C@H]2C(=O)C(c3ccccc3)=CC(=O)[C@@]12c1ccccc1. The molecule has 8 heteroatoms. The van der Waals surface area contributed by atoms with E-state index in [1.165, 1.54) is 18.1 Å². The first-order valence-electron chi connectivity index (χ1n) is 16.4. The van der Waals surface area contributed by atoms with Crippen molar-refractivity contribution in [3.05, 3.63) is 142 Å². The Morgan fingerprint density at radius 1 is 0.816 bits per heavy atom. The molecule has 244 valence electrons. The van der Waals surface area contributed by atoms with Crippen molar-refractivity contribution < 1.29 is 29.0 Å². The summed E-state index contributed by atoms with van der Waals surface area (Å²) in [4.78, 5) is 60.0. The summed E-state index contributed by atoms with van der Waals surface area (Å²) in [5.74, 6) is -4.50. The van der Waals surface area contributed by atoms with E-state index in [4.69, 9.17) is 4.74 Å². The van der Waals surface area contributed by atoms with E-state index in [0.717, 1.165) is 10.0 Å². The third kappa shape index (κ3) is 4.53. The number of amides is 2. The predicted octanol–water partition coefficient (Wildman–Crippen LogP) is 7.19. The number of benzene rings is 4. The molecule has 6 atom stereocenters. The molecule has 4 aromatic carbocycles. The summed E-state index contributed by atoms with van der Waals surface area (Å²) in [5.41, 5.74) is 1.76. The van der Waals surface area contributed by atoms with Gasteiger partial charge in [0.15, 0.2) is 11.6 Å². The van der Waals surface area contributed by atoms with E-state index >= 15 is 9.59 Å². The Labute approximate surface area is 292 Å². The molecule has 1 aliphatic heterocycles. The number of ether oxygens (including phenoxy) is 1. The van der Waals surface area contributed by atoms with Crippen LogP contribution in [0.2, 0.25) is 0 Å². The van der Waals surface area contributed by atoms with E-state index in [9.17, 15) is 14.7 Å². The van der Waals surface area contributed by atoms with Crippen LogP contribution in [0.15, 0.2) is 125 Å². The molecule has 0 bridgehead atoms. The lowest BCUT2D eigenvalue weighted by Gasteiger charge is -2.55. The van der Waals surface area contributed by atoms with Crippen molar-refractivity contribution in [2.24, 2.45) is 23.7 Å². The number of Topliss-reactive ketones (excluding diaryl/α,β-unsaturated/α-hetero) is 1. The monoisotopic (exact) mass is 713 g/mol. The number of halogens is 1. The molecule has 2 fully saturated rings. The molecule has 1 saturated heterocycles. The molecule has 49 heavy (non-hydrogen) atoms. The highest BCUT2D eigenvalue weighted by molar-refractivity contribution is 9.10. The number of rotatable bonds is 5. The van der Waals surface area contributed by atoms with Crippen LogP contribution < -0.4 is 9.64 Å². The van der Waals surface area contributed by atoms with Crippen LogP contribution in [0.5, 0.6) is 11.5 Å². The van der Waals surface area contributed by atoms with E-state index in [1.54, 1.807) is 42.5 Å². The molecule has 1 N–H and O–H groups in total. The van der Waals surface area contributed by atoms with Gasteiger partial charge in [-0.3, -0.25) is 24.1 Å². The standard InChI is InChI=1S/C41H32BrNO6/c1-49-33-14-8-13-32(44)36(33)37-27-19-20-28-35(40(48)43(39(28)47)26-17-15-25(42)16-18-26)30(27)21-31-38(46)29(23-9-4-2-5-10-23)22-34(45)41(31,37)24-11-6-3-7-12-24/h2-19,22,28,30-31,35,37,44H,20-21H2,1H3/t28-,30+,31-,35-,37+,41-/m0/s1. The number of anilines is 1.